The van der Waals surface area contributed by atoms with E-state index in [0.29, 0.717) is 0 Å². The Morgan fingerprint density at radius 3 is 0.823 bits per heavy atom. The summed E-state index contributed by atoms with van der Waals surface area (Å²) < 4.78 is 14.1. The smallest absolute Gasteiger partial charge is 0.136 e. The molecule has 0 atom stereocenters. The molecule has 0 aliphatic heterocycles. The highest BCUT2D eigenvalue weighted by molar-refractivity contribution is 6.17. The molecule has 0 unspecified atom stereocenters. The van der Waals surface area contributed by atoms with Crippen molar-refractivity contribution >= 4 is 76.2 Å². The van der Waals surface area contributed by atoms with Crippen molar-refractivity contribution < 1.29 is 8.83 Å². The first-order chi connectivity index (χ1) is 69.0. The van der Waals surface area contributed by atoms with E-state index in [2.05, 4.69) is 373 Å². The van der Waals surface area contributed by atoms with E-state index in [9.17, 15) is 0 Å². The third-order valence-electron chi connectivity index (χ3n) is 35.3. The number of fused-ring (bicyclic) bond motifs is 25. The van der Waals surface area contributed by atoms with Crippen molar-refractivity contribution in [2.24, 2.45) is 0 Å². The highest BCUT2D eigenvalue weighted by atomic mass is 16.3. The number of rotatable bonds is 34. The van der Waals surface area contributed by atoms with Crippen molar-refractivity contribution in [3.63, 3.8) is 0 Å². The van der Waals surface area contributed by atoms with Crippen molar-refractivity contribution in [3.05, 3.63) is 359 Å². The Balaban J connectivity index is 0.505. The molecule has 0 amide bonds. The van der Waals surface area contributed by atoms with Crippen LogP contribution in [0.25, 0.3) is 199 Å². The number of benzene rings is 17. The molecule has 0 fully saturated rings. The molecule has 0 bridgehead atoms. The largest absolute Gasteiger partial charge is 0.456 e. The highest BCUT2D eigenvalue weighted by Crippen LogP contribution is 2.64. The summed E-state index contributed by atoms with van der Waals surface area (Å²) >= 11 is 0. The van der Waals surface area contributed by atoms with Crippen LogP contribution in [0.4, 0.5) is 0 Å². The Kier molecular flexibility index (Phi) is 23.5. The van der Waals surface area contributed by atoms with Crippen molar-refractivity contribution in [3.8, 4) is 122 Å². The fourth-order valence-corrected chi connectivity index (χ4v) is 27.7. The van der Waals surface area contributed by atoms with Gasteiger partial charge >= 0.3 is 0 Å². The first-order valence-corrected chi connectivity index (χ1v) is 54.6. The van der Waals surface area contributed by atoms with Gasteiger partial charge in [-0.2, -0.15) is 0 Å². The average Bonchev–Trinajstić information content (AvgIpc) is 1.52. The highest BCUT2D eigenvalue weighted by Gasteiger charge is 2.48. The van der Waals surface area contributed by atoms with Gasteiger partial charge in [0.1, 0.15) is 22.3 Å². The second-order valence-corrected chi connectivity index (χ2v) is 44.7. The summed E-state index contributed by atoms with van der Waals surface area (Å²) in [5.41, 5.74) is 46.2. The van der Waals surface area contributed by atoms with E-state index in [1.807, 2.05) is 0 Å². The maximum Gasteiger partial charge on any atom is 0.136 e. The monoisotopic (exact) mass is 1840 g/mol. The molecule has 0 radical (unpaired) electrons. The van der Waals surface area contributed by atoms with Gasteiger partial charge in [0.25, 0.3) is 0 Å². The number of hydrogen-bond acceptors (Lipinski definition) is 2. The molecule has 0 saturated carbocycles. The van der Waals surface area contributed by atoms with Crippen LogP contribution in [0.15, 0.2) is 312 Å². The Morgan fingerprint density at radius 2 is 0.411 bits per heavy atom. The second kappa shape index (κ2) is 36.6. The molecule has 141 heavy (non-hydrogen) atoms. The fraction of sp³-hybridized carbons (Fsp3) is 0.309. The normalized spacial score (nSPS) is 14.8. The van der Waals surface area contributed by atoms with Gasteiger partial charge in [-0.3, -0.25) is 0 Å². The van der Waals surface area contributed by atoms with Gasteiger partial charge in [0.05, 0.1) is 0 Å². The molecule has 2 nitrogen and oxygen atoms in total. The SMILES string of the molecule is CCCCCCCCC1(CCCCCCCC)c2ccccc2-c2ccc(-c3ccc4c(c3)oc3cc(-c5ccc(-c6ccc7c(c6)C(C)(C)c6cc8c(cc6-7)C(C)(C)c6cc7c(cc6-8)C(C)(C)c6cc(-c8ccc(-c9ccc%10c(c9)oc9cc(-c%11ccc%12c(c%11)C(CCCCCCCC)(CCCCCCCC)c%11ccccc%11-%12)ccc9%10)c9ccccc89)c8ccccc8c6-7)c6ccccc56)ccc34)cc21. The summed E-state index contributed by atoms with van der Waals surface area (Å²) in [6, 6.07) is 119. The van der Waals surface area contributed by atoms with Gasteiger partial charge in [0, 0.05) is 48.6 Å². The van der Waals surface area contributed by atoms with E-state index in [4.69, 9.17) is 8.83 Å². The molecular weight excluding hydrogens is 1700 g/mol. The summed E-state index contributed by atoms with van der Waals surface area (Å²) in [4.78, 5) is 0. The molecule has 0 spiro atoms. The quantitative estimate of drug-likeness (QED) is 0.0376. The van der Waals surface area contributed by atoms with Crippen LogP contribution in [-0.2, 0) is 27.1 Å². The molecule has 2 heteroatoms. The number of furan rings is 2. The lowest BCUT2D eigenvalue weighted by atomic mass is 9.70. The minimum absolute atomic E-state index is 0.0221. The second-order valence-electron chi connectivity index (χ2n) is 44.7. The van der Waals surface area contributed by atoms with E-state index >= 15 is 0 Å². The molecule has 0 N–H and O–H groups in total. The minimum Gasteiger partial charge on any atom is -0.456 e. The molecule has 0 saturated heterocycles. The van der Waals surface area contributed by atoms with Crippen molar-refractivity contribution in [2.45, 2.75) is 276 Å². The van der Waals surface area contributed by atoms with Gasteiger partial charge in [-0.15, -0.1) is 0 Å². The zero-order valence-corrected chi connectivity index (χ0v) is 85.0. The molecule has 17 aromatic carbocycles. The van der Waals surface area contributed by atoms with Crippen molar-refractivity contribution in [1.82, 2.24) is 0 Å². The molecule has 24 rings (SSSR count). The van der Waals surface area contributed by atoms with Crippen LogP contribution in [0.5, 0.6) is 0 Å². The third-order valence-corrected chi connectivity index (χ3v) is 35.3. The van der Waals surface area contributed by atoms with E-state index < -0.39 is 0 Å². The van der Waals surface area contributed by atoms with Crippen LogP contribution < -0.4 is 0 Å². The first kappa shape index (κ1) is 90.7. The molecule has 2 heterocycles. The molecule has 704 valence electrons. The van der Waals surface area contributed by atoms with Crippen molar-refractivity contribution in [2.75, 3.05) is 0 Å². The lowest BCUT2D eigenvalue weighted by Crippen LogP contribution is -2.25. The van der Waals surface area contributed by atoms with Crippen LogP contribution >= 0.6 is 0 Å². The maximum absolute atomic E-state index is 7.07. The lowest BCUT2D eigenvalue weighted by Gasteiger charge is -2.33. The summed E-state index contributed by atoms with van der Waals surface area (Å²) in [5, 5.41) is 12.2. The lowest BCUT2D eigenvalue weighted by molar-refractivity contribution is 0.398. The van der Waals surface area contributed by atoms with Gasteiger partial charge in [-0.1, -0.05) is 430 Å². The maximum atomic E-state index is 7.07. The summed E-state index contributed by atoms with van der Waals surface area (Å²) in [6.45, 7) is 24.2. The Labute approximate surface area is 836 Å². The Hall–Kier alpha value is -12.9. The van der Waals surface area contributed by atoms with E-state index in [1.54, 1.807) is 16.7 Å². The Morgan fingerprint density at radius 1 is 0.163 bits per heavy atom. The van der Waals surface area contributed by atoms with Crippen LogP contribution in [-0.4, -0.2) is 0 Å². The minimum atomic E-state index is -0.296. The molecule has 5 aliphatic carbocycles. The van der Waals surface area contributed by atoms with Gasteiger partial charge in [-0.25, -0.2) is 0 Å². The fourth-order valence-electron chi connectivity index (χ4n) is 27.7. The van der Waals surface area contributed by atoms with Gasteiger partial charge in [0.2, 0.25) is 0 Å². The summed E-state index contributed by atoms with van der Waals surface area (Å²) in [5.74, 6) is 0. The topological polar surface area (TPSA) is 26.3 Å². The average molecular weight is 1840 g/mol. The van der Waals surface area contributed by atoms with Crippen molar-refractivity contribution in [1.29, 1.82) is 0 Å². The van der Waals surface area contributed by atoms with Crippen LogP contribution in [0.2, 0.25) is 0 Å². The van der Waals surface area contributed by atoms with E-state index in [1.165, 1.54) is 362 Å². The molecule has 2 aromatic heterocycles. The van der Waals surface area contributed by atoms with Gasteiger partial charge in [0.15, 0.2) is 0 Å². The van der Waals surface area contributed by atoms with Gasteiger partial charge < -0.3 is 8.83 Å². The van der Waals surface area contributed by atoms with Crippen LogP contribution in [0.1, 0.15) is 305 Å². The number of unbranched alkanes of at least 4 members (excludes halogenated alkanes) is 20. The predicted molar refractivity (Wildman–Crippen MR) is 603 cm³/mol. The summed E-state index contributed by atoms with van der Waals surface area (Å²) in [7, 11) is 0. The standard InChI is InChI=1S/C139H136O2/c1-11-15-19-23-27-41-73-138(74-42-28-24-20-16-12-2)120-53-39-37-50-105(120)107-62-55-89(77-127(107)138)91-57-65-110-112-67-60-94(82-132(112)140-130(110)80-91)97-70-69-96(99-45-31-32-46-100(97)99)93-59-64-109-116-85-124-117(86-123(116)135(5,6)122(109)79-93)118-87-126-119(88-125(118)136(124,7)8)134-114-52-36-35-49-103(114)115(84-129(134)137(126,9)10)104-72-71-98(101-47-33-34-48-102(101)104)95-61-68-113-111-66-58-92(81-131(111)141-133(113)83-95)90-56-63-108-106-51-38-40-54-121(106)139(128(108)78-90,75-43-29-25-21-17-13-3)76-44-30-26-22-18-14-4/h31-40,45-72,77-88H,11-30,41-44,73-76H2,1-10H3. The zero-order chi connectivity index (χ0) is 95.6. The Bertz CT molecular complexity index is 8120. The molecule has 19 aromatic rings. The predicted octanol–water partition coefficient (Wildman–Crippen LogP) is 41.4. The zero-order valence-electron chi connectivity index (χ0n) is 85.0. The first-order valence-electron chi connectivity index (χ1n) is 54.6. The molecular formula is C139H136O2. The third kappa shape index (κ3) is 15.1. The van der Waals surface area contributed by atoms with E-state index in [0.717, 1.165) is 55.0 Å². The van der Waals surface area contributed by atoms with Crippen LogP contribution in [0.3, 0.4) is 0 Å². The summed E-state index contributed by atoms with van der Waals surface area (Å²) in [6.07, 6.45) is 36.4. The van der Waals surface area contributed by atoms with Gasteiger partial charge in [-0.05, 0) is 333 Å². The van der Waals surface area contributed by atoms with E-state index in [-0.39, 0.29) is 27.1 Å². The van der Waals surface area contributed by atoms with Crippen LogP contribution in [0, 0.1) is 0 Å². The number of hydrogen-bond donors (Lipinski definition) is 0. The molecule has 5 aliphatic rings.